The molecule has 1 heterocycles. The largest absolute Gasteiger partial charge is 0.423 e. The second kappa shape index (κ2) is 7.37. The van der Waals surface area contributed by atoms with Crippen molar-refractivity contribution in [3.05, 3.63) is 40.8 Å². The van der Waals surface area contributed by atoms with E-state index in [1.807, 2.05) is 0 Å². The van der Waals surface area contributed by atoms with Gasteiger partial charge >= 0.3 is 5.63 Å². The van der Waals surface area contributed by atoms with Crippen LogP contribution in [-0.4, -0.2) is 27.4 Å². The van der Waals surface area contributed by atoms with Gasteiger partial charge < -0.3 is 9.73 Å². The number of sulfonamides is 1. The van der Waals surface area contributed by atoms with Crippen LogP contribution in [-0.2, 0) is 14.8 Å². The van der Waals surface area contributed by atoms with E-state index in [9.17, 15) is 18.0 Å². The van der Waals surface area contributed by atoms with Crippen LogP contribution in [0.3, 0.4) is 0 Å². The highest BCUT2D eigenvalue weighted by Gasteiger charge is 2.22. The summed E-state index contributed by atoms with van der Waals surface area (Å²) in [6.45, 7) is 0.361. The first-order chi connectivity index (χ1) is 12.0. The minimum absolute atomic E-state index is 0.00238. The molecule has 25 heavy (non-hydrogen) atoms. The lowest BCUT2D eigenvalue weighted by Crippen LogP contribution is -2.37. The van der Waals surface area contributed by atoms with Gasteiger partial charge in [0.15, 0.2) is 0 Å². The molecule has 0 atom stereocenters. The molecule has 2 N–H and O–H groups in total. The van der Waals surface area contributed by atoms with Gasteiger partial charge in [-0.2, -0.15) is 0 Å². The smallest absolute Gasteiger partial charge is 0.336 e. The first kappa shape index (κ1) is 17.6. The van der Waals surface area contributed by atoms with Gasteiger partial charge in [0.05, 0.1) is 4.90 Å². The van der Waals surface area contributed by atoms with E-state index in [2.05, 4.69) is 10.0 Å². The summed E-state index contributed by atoms with van der Waals surface area (Å²) in [5.41, 5.74) is -0.158. The maximum atomic E-state index is 12.3. The summed E-state index contributed by atoms with van der Waals surface area (Å²) < 4.78 is 32.1. The minimum atomic E-state index is -3.70. The van der Waals surface area contributed by atoms with Gasteiger partial charge in [-0.15, -0.1) is 0 Å². The Morgan fingerprint density at radius 1 is 1.12 bits per heavy atom. The topological polar surface area (TPSA) is 105 Å². The third kappa shape index (κ3) is 4.26. The molecule has 3 rings (SSSR count). The number of nitrogens with one attached hydrogen (secondary N) is 2. The van der Waals surface area contributed by atoms with E-state index in [1.165, 1.54) is 30.3 Å². The Morgan fingerprint density at radius 2 is 1.88 bits per heavy atom. The second-order valence-electron chi connectivity index (χ2n) is 6.12. The summed E-state index contributed by atoms with van der Waals surface area (Å²) in [5.74, 6) is 0.0594. The Kier molecular flexibility index (Phi) is 5.19. The van der Waals surface area contributed by atoms with Crippen LogP contribution >= 0.6 is 0 Å². The molecule has 1 fully saturated rings. The summed E-state index contributed by atoms with van der Waals surface area (Å²) in [4.78, 5) is 23.1. The fourth-order valence-corrected chi connectivity index (χ4v) is 4.07. The predicted molar refractivity (Wildman–Crippen MR) is 92.6 cm³/mol. The van der Waals surface area contributed by atoms with Gasteiger partial charge in [-0.05, 0) is 37.1 Å². The van der Waals surface area contributed by atoms with E-state index in [4.69, 9.17) is 4.42 Å². The van der Waals surface area contributed by atoms with Crippen molar-refractivity contribution in [1.82, 2.24) is 10.0 Å². The average molecular weight is 364 g/mol. The molecule has 0 saturated heterocycles. The van der Waals surface area contributed by atoms with E-state index in [1.54, 1.807) is 0 Å². The maximum Gasteiger partial charge on any atom is 0.336 e. The molecule has 0 spiro atoms. The van der Waals surface area contributed by atoms with E-state index < -0.39 is 15.6 Å². The molecule has 8 heteroatoms. The minimum Gasteiger partial charge on any atom is -0.423 e. The fraction of sp³-hybridized carbons (Fsp3) is 0.412. The SMILES string of the molecule is O=C(NCCNS(=O)(=O)c1ccc2oc(=O)ccc2c1)C1CCCC1. The van der Waals surface area contributed by atoms with Crippen LogP contribution in [0.4, 0.5) is 0 Å². The zero-order valence-corrected chi connectivity index (χ0v) is 14.5. The van der Waals surface area contributed by atoms with Crippen molar-refractivity contribution in [2.45, 2.75) is 30.6 Å². The third-order valence-corrected chi connectivity index (χ3v) is 5.80. The van der Waals surface area contributed by atoms with Crippen LogP contribution in [0.25, 0.3) is 11.0 Å². The first-order valence-electron chi connectivity index (χ1n) is 8.27. The molecule has 1 aromatic carbocycles. The van der Waals surface area contributed by atoms with Crippen LogP contribution < -0.4 is 15.7 Å². The van der Waals surface area contributed by atoms with Crippen LogP contribution in [0.15, 0.2) is 44.4 Å². The highest BCUT2D eigenvalue weighted by atomic mass is 32.2. The first-order valence-corrected chi connectivity index (χ1v) is 9.75. The number of fused-ring (bicyclic) bond motifs is 1. The molecular formula is C17H20N2O5S. The monoisotopic (exact) mass is 364 g/mol. The lowest BCUT2D eigenvalue weighted by molar-refractivity contribution is -0.124. The molecule has 0 radical (unpaired) electrons. The predicted octanol–water partition coefficient (Wildman–Crippen LogP) is 1.38. The molecule has 1 saturated carbocycles. The van der Waals surface area contributed by atoms with Crippen LogP contribution in [0.1, 0.15) is 25.7 Å². The number of carbonyl (C=O) groups is 1. The Balaban J connectivity index is 1.59. The highest BCUT2D eigenvalue weighted by Crippen LogP contribution is 2.24. The van der Waals surface area contributed by atoms with Crippen molar-refractivity contribution < 1.29 is 17.6 Å². The normalized spacial score (nSPS) is 15.5. The molecule has 134 valence electrons. The van der Waals surface area contributed by atoms with E-state index in [0.717, 1.165) is 25.7 Å². The zero-order chi connectivity index (χ0) is 17.9. The maximum absolute atomic E-state index is 12.3. The van der Waals surface area contributed by atoms with Crippen LogP contribution in [0, 0.1) is 5.92 Å². The Morgan fingerprint density at radius 3 is 2.64 bits per heavy atom. The van der Waals surface area contributed by atoms with Gasteiger partial charge in [0, 0.05) is 30.5 Å². The van der Waals surface area contributed by atoms with Crippen molar-refractivity contribution in [3.63, 3.8) is 0 Å². The van der Waals surface area contributed by atoms with Crippen LogP contribution in [0.2, 0.25) is 0 Å². The summed E-state index contributed by atoms with van der Waals surface area (Å²) in [7, 11) is -3.70. The molecule has 1 aliphatic carbocycles. The molecule has 1 aromatic heterocycles. The van der Waals surface area contributed by atoms with Crippen molar-refractivity contribution in [3.8, 4) is 0 Å². The molecule has 0 unspecified atom stereocenters. The number of hydrogen-bond acceptors (Lipinski definition) is 5. The van der Waals surface area contributed by atoms with E-state index in [0.29, 0.717) is 11.0 Å². The van der Waals surface area contributed by atoms with E-state index in [-0.39, 0.29) is 29.8 Å². The van der Waals surface area contributed by atoms with E-state index >= 15 is 0 Å². The zero-order valence-electron chi connectivity index (χ0n) is 13.7. The lowest BCUT2D eigenvalue weighted by Gasteiger charge is -2.11. The molecule has 1 aliphatic rings. The summed E-state index contributed by atoms with van der Waals surface area (Å²) in [5, 5.41) is 3.29. The number of benzene rings is 1. The van der Waals surface area contributed by atoms with Crippen LogP contribution in [0.5, 0.6) is 0 Å². The number of hydrogen-bond donors (Lipinski definition) is 2. The van der Waals surface area contributed by atoms with Crippen molar-refractivity contribution in [2.75, 3.05) is 13.1 Å². The van der Waals surface area contributed by atoms with Gasteiger partial charge in [-0.1, -0.05) is 12.8 Å². The summed E-state index contributed by atoms with van der Waals surface area (Å²) in [6, 6.07) is 7.03. The summed E-state index contributed by atoms with van der Waals surface area (Å²) in [6.07, 6.45) is 3.97. The molecule has 1 amide bonds. The molecule has 2 aromatic rings. The standard InChI is InChI=1S/C17H20N2O5S/c20-16-8-5-13-11-14(6-7-15(13)24-16)25(22,23)19-10-9-18-17(21)12-3-1-2-4-12/h5-8,11-12,19H,1-4,9-10H2,(H,18,21). The molecule has 0 aliphatic heterocycles. The average Bonchev–Trinajstić information content (AvgIpc) is 3.12. The van der Waals surface area contributed by atoms with Gasteiger partial charge in [0.25, 0.3) is 0 Å². The van der Waals surface area contributed by atoms with Crippen molar-refractivity contribution in [2.24, 2.45) is 5.92 Å². The molecule has 0 bridgehead atoms. The Labute approximate surface area is 145 Å². The number of amides is 1. The summed E-state index contributed by atoms with van der Waals surface area (Å²) >= 11 is 0. The number of carbonyl (C=O) groups excluding carboxylic acids is 1. The van der Waals surface area contributed by atoms with Crippen molar-refractivity contribution in [1.29, 1.82) is 0 Å². The van der Waals surface area contributed by atoms with Gasteiger partial charge in [0.2, 0.25) is 15.9 Å². The second-order valence-corrected chi connectivity index (χ2v) is 7.89. The Hall–Kier alpha value is -2.19. The fourth-order valence-electron chi connectivity index (χ4n) is 3.00. The molecule has 7 nitrogen and oxygen atoms in total. The Bertz CT molecular complexity index is 929. The van der Waals surface area contributed by atoms with Gasteiger partial charge in [0.1, 0.15) is 5.58 Å². The quantitative estimate of drug-likeness (QED) is 0.595. The van der Waals surface area contributed by atoms with Crippen molar-refractivity contribution >= 4 is 26.9 Å². The van der Waals surface area contributed by atoms with Gasteiger partial charge in [-0.3, -0.25) is 4.79 Å². The number of rotatable bonds is 6. The highest BCUT2D eigenvalue weighted by molar-refractivity contribution is 7.89. The van der Waals surface area contributed by atoms with Gasteiger partial charge in [-0.25, -0.2) is 17.9 Å². The lowest BCUT2D eigenvalue weighted by atomic mass is 10.1. The third-order valence-electron chi connectivity index (χ3n) is 4.34. The molecular weight excluding hydrogens is 344 g/mol.